The number of thioether (sulfide) groups is 1. The molecular formula is C18H16BrClN2O2S2. The van der Waals surface area contributed by atoms with Gasteiger partial charge in [0.25, 0.3) is 0 Å². The number of fused-ring (bicyclic) bond motifs is 1. The minimum atomic E-state index is -0.485. The van der Waals surface area contributed by atoms with E-state index in [4.69, 9.17) is 16.3 Å². The van der Waals surface area contributed by atoms with E-state index in [1.807, 2.05) is 51.1 Å². The molecule has 136 valence electrons. The quantitative estimate of drug-likeness (QED) is 0.334. The molecule has 1 aromatic carbocycles. The number of hydrogen-bond acceptors (Lipinski definition) is 6. The van der Waals surface area contributed by atoms with Crippen LogP contribution in [0.4, 0.5) is 0 Å². The maximum atomic E-state index is 11.9. The van der Waals surface area contributed by atoms with Crippen molar-refractivity contribution in [2.24, 2.45) is 0 Å². The van der Waals surface area contributed by atoms with Gasteiger partial charge in [-0.1, -0.05) is 41.6 Å². The van der Waals surface area contributed by atoms with Crippen molar-refractivity contribution in [3.63, 3.8) is 0 Å². The van der Waals surface area contributed by atoms with Crippen molar-refractivity contribution in [3.8, 4) is 11.3 Å². The van der Waals surface area contributed by atoms with Crippen molar-refractivity contribution in [2.75, 3.05) is 5.75 Å². The Hall–Kier alpha value is -1.15. The molecule has 4 nitrogen and oxygen atoms in total. The number of carbonyl (C=O) groups excluding carboxylic acids is 1. The first-order chi connectivity index (χ1) is 12.2. The average Bonchev–Trinajstić information content (AvgIpc) is 2.93. The summed E-state index contributed by atoms with van der Waals surface area (Å²) in [7, 11) is 0. The summed E-state index contributed by atoms with van der Waals surface area (Å²) in [5, 5.41) is 0.634. The lowest BCUT2D eigenvalue weighted by Crippen LogP contribution is -2.24. The third kappa shape index (κ3) is 4.76. The molecule has 3 rings (SSSR count). The van der Waals surface area contributed by atoms with E-state index in [2.05, 4.69) is 25.9 Å². The molecule has 0 aliphatic carbocycles. The summed E-state index contributed by atoms with van der Waals surface area (Å²) in [6.45, 7) is 5.56. The van der Waals surface area contributed by atoms with E-state index in [1.165, 1.54) is 23.1 Å². The van der Waals surface area contributed by atoms with Gasteiger partial charge in [0.2, 0.25) is 0 Å². The average molecular weight is 472 g/mol. The second kappa shape index (κ2) is 7.84. The molecule has 2 aromatic heterocycles. The Kier molecular flexibility index (Phi) is 5.91. The van der Waals surface area contributed by atoms with Crippen LogP contribution in [0.1, 0.15) is 20.8 Å². The molecule has 0 N–H and O–H groups in total. The van der Waals surface area contributed by atoms with E-state index >= 15 is 0 Å². The summed E-state index contributed by atoms with van der Waals surface area (Å²) >= 11 is 12.7. The number of carbonyl (C=O) groups is 1. The summed E-state index contributed by atoms with van der Waals surface area (Å²) in [6, 6.07) is 9.54. The maximum absolute atomic E-state index is 11.9. The first-order valence-corrected chi connectivity index (χ1v) is 10.8. The lowest BCUT2D eigenvalue weighted by molar-refractivity contribution is -0.151. The standard InChI is InChI=1S/C18H16BrClN2O2S2/c1-18(2,3)24-14(23)9-25-17-22-16-13(26-17)8-11(19)15(21-16)10-6-4-5-7-12(10)20/h4-8H,9H2,1-3H3. The Morgan fingerprint density at radius 3 is 2.73 bits per heavy atom. The van der Waals surface area contributed by atoms with Crippen molar-refractivity contribution in [3.05, 3.63) is 39.8 Å². The third-order valence-corrected chi connectivity index (χ3v) is 6.22. The van der Waals surface area contributed by atoms with E-state index in [9.17, 15) is 4.79 Å². The van der Waals surface area contributed by atoms with Crippen LogP contribution in [0.3, 0.4) is 0 Å². The van der Waals surface area contributed by atoms with Crippen LogP contribution in [0.15, 0.2) is 39.1 Å². The molecule has 0 saturated carbocycles. The number of rotatable bonds is 4. The molecule has 8 heteroatoms. The van der Waals surface area contributed by atoms with Crippen LogP contribution in [0.25, 0.3) is 21.6 Å². The van der Waals surface area contributed by atoms with Crippen LogP contribution in [-0.2, 0) is 9.53 Å². The van der Waals surface area contributed by atoms with E-state index in [-0.39, 0.29) is 11.7 Å². The highest BCUT2D eigenvalue weighted by Gasteiger charge is 2.18. The highest BCUT2D eigenvalue weighted by atomic mass is 79.9. The van der Waals surface area contributed by atoms with E-state index in [1.54, 1.807) is 0 Å². The molecule has 0 aliphatic heterocycles. The van der Waals surface area contributed by atoms with Crippen LogP contribution in [0, 0.1) is 0 Å². The predicted octanol–water partition coefficient (Wildman–Crippen LogP) is 6.21. The molecule has 0 radical (unpaired) electrons. The van der Waals surface area contributed by atoms with Gasteiger partial charge >= 0.3 is 5.97 Å². The molecule has 26 heavy (non-hydrogen) atoms. The van der Waals surface area contributed by atoms with Gasteiger partial charge in [0.05, 0.1) is 16.1 Å². The summed E-state index contributed by atoms with van der Waals surface area (Å²) in [5.41, 5.74) is 1.75. The monoisotopic (exact) mass is 470 g/mol. The number of nitrogens with zero attached hydrogens (tertiary/aromatic N) is 2. The Morgan fingerprint density at radius 1 is 1.31 bits per heavy atom. The largest absolute Gasteiger partial charge is 0.459 e. The normalized spacial score (nSPS) is 11.7. The number of pyridine rings is 1. The van der Waals surface area contributed by atoms with E-state index in [0.29, 0.717) is 10.7 Å². The van der Waals surface area contributed by atoms with Gasteiger partial charge in [-0.3, -0.25) is 4.79 Å². The molecule has 2 heterocycles. The number of aromatic nitrogens is 2. The molecule has 0 fully saturated rings. The fourth-order valence-electron chi connectivity index (χ4n) is 2.22. The second-order valence-electron chi connectivity index (χ2n) is 6.48. The van der Waals surface area contributed by atoms with Gasteiger partial charge in [0, 0.05) is 15.1 Å². The highest BCUT2D eigenvalue weighted by Crippen LogP contribution is 2.37. The second-order valence-corrected chi connectivity index (χ2v) is 9.99. The first-order valence-electron chi connectivity index (χ1n) is 7.79. The lowest BCUT2D eigenvalue weighted by Gasteiger charge is -2.18. The van der Waals surface area contributed by atoms with Gasteiger partial charge in [-0.15, -0.1) is 11.3 Å². The molecule has 0 unspecified atom stereocenters. The smallest absolute Gasteiger partial charge is 0.316 e. The fourth-order valence-corrected chi connectivity index (χ4v) is 4.94. The van der Waals surface area contributed by atoms with Crippen LogP contribution < -0.4 is 0 Å². The van der Waals surface area contributed by atoms with Crippen LogP contribution >= 0.6 is 50.6 Å². The number of hydrogen-bond donors (Lipinski definition) is 0. The van der Waals surface area contributed by atoms with Crippen molar-refractivity contribution in [1.82, 2.24) is 9.97 Å². The molecule has 0 spiro atoms. The molecule has 0 atom stereocenters. The van der Waals surface area contributed by atoms with Gasteiger partial charge in [-0.25, -0.2) is 9.97 Å². The zero-order valence-corrected chi connectivity index (χ0v) is 18.4. The SMILES string of the molecule is CC(C)(C)OC(=O)CSc1nc2nc(-c3ccccc3Cl)c(Br)cc2s1. The number of ether oxygens (including phenoxy) is 1. The molecular weight excluding hydrogens is 456 g/mol. The maximum Gasteiger partial charge on any atom is 0.316 e. The summed E-state index contributed by atoms with van der Waals surface area (Å²) in [5.74, 6) is -0.0389. The van der Waals surface area contributed by atoms with Gasteiger partial charge in [0.1, 0.15) is 5.60 Å². The van der Waals surface area contributed by atoms with Gasteiger partial charge in [0.15, 0.2) is 9.99 Å². The van der Waals surface area contributed by atoms with Crippen molar-refractivity contribution < 1.29 is 9.53 Å². The van der Waals surface area contributed by atoms with Gasteiger partial charge in [-0.05, 0) is 48.8 Å². The predicted molar refractivity (Wildman–Crippen MR) is 112 cm³/mol. The molecule has 0 saturated heterocycles. The Labute approximate surface area is 173 Å². The summed E-state index contributed by atoms with van der Waals surface area (Å²) < 4.78 is 7.90. The van der Waals surface area contributed by atoms with Gasteiger partial charge < -0.3 is 4.74 Å². The van der Waals surface area contributed by atoms with Crippen molar-refractivity contribution >= 4 is 66.9 Å². The number of halogens is 2. The molecule has 0 bridgehead atoms. The fraction of sp³-hybridized carbons (Fsp3) is 0.278. The van der Waals surface area contributed by atoms with Crippen LogP contribution in [0.2, 0.25) is 5.02 Å². The van der Waals surface area contributed by atoms with Crippen molar-refractivity contribution in [2.45, 2.75) is 30.7 Å². The van der Waals surface area contributed by atoms with Gasteiger partial charge in [-0.2, -0.15) is 0 Å². The van der Waals surface area contributed by atoms with Crippen LogP contribution in [-0.4, -0.2) is 27.3 Å². The van der Waals surface area contributed by atoms with Crippen molar-refractivity contribution in [1.29, 1.82) is 0 Å². The number of esters is 1. The zero-order valence-electron chi connectivity index (χ0n) is 14.4. The molecule has 0 aliphatic rings. The summed E-state index contributed by atoms with van der Waals surface area (Å²) in [6.07, 6.45) is 0. The topological polar surface area (TPSA) is 52.1 Å². The van der Waals surface area contributed by atoms with E-state index < -0.39 is 5.60 Å². The number of thiazole rings is 1. The third-order valence-electron chi connectivity index (χ3n) is 3.18. The summed E-state index contributed by atoms with van der Waals surface area (Å²) in [4.78, 5) is 21.1. The highest BCUT2D eigenvalue weighted by molar-refractivity contribution is 9.10. The Bertz CT molecular complexity index is 969. The Balaban J connectivity index is 1.84. The first kappa shape index (κ1) is 19.6. The lowest BCUT2D eigenvalue weighted by atomic mass is 10.1. The molecule has 0 amide bonds. The Morgan fingerprint density at radius 2 is 2.04 bits per heavy atom. The van der Waals surface area contributed by atoms with E-state index in [0.717, 1.165) is 24.8 Å². The zero-order chi connectivity index (χ0) is 18.9. The minimum absolute atomic E-state index is 0.218. The number of benzene rings is 1. The van der Waals surface area contributed by atoms with Crippen LogP contribution in [0.5, 0.6) is 0 Å². The minimum Gasteiger partial charge on any atom is -0.459 e. The molecule has 3 aromatic rings.